The number of esters is 3. The van der Waals surface area contributed by atoms with Gasteiger partial charge in [-0.05, 0) is 39.7 Å². The van der Waals surface area contributed by atoms with E-state index in [2.05, 4.69) is 0 Å². The number of carbonyl (C=O) groups is 3. The predicted molar refractivity (Wildman–Crippen MR) is 105 cm³/mol. The Labute approximate surface area is 175 Å². The maximum Gasteiger partial charge on any atom is 0.343 e. The van der Waals surface area contributed by atoms with Crippen molar-refractivity contribution in [2.75, 3.05) is 6.61 Å². The van der Waals surface area contributed by atoms with E-state index < -0.39 is 41.3 Å². The molecule has 4 atom stereocenters. The molecule has 3 aliphatic rings. The highest BCUT2D eigenvalue weighted by atomic mass is 16.6. The van der Waals surface area contributed by atoms with E-state index in [-0.39, 0.29) is 24.4 Å². The van der Waals surface area contributed by atoms with Gasteiger partial charge in [0.25, 0.3) is 0 Å². The van der Waals surface area contributed by atoms with Crippen LogP contribution in [0.5, 0.6) is 0 Å². The first-order chi connectivity index (χ1) is 14.0. The first kappa shape index (κ1) is 22.2. The van der Waals surface area contributed by atoms with Crippen molar-refractivity contribution >= 4 is 17.9 Å². The summed E-state index contributed by atoms with van der Waals surface area (Å²) in [6.45, 7) is 7.90. The summed E-state index contributed by atoms with van der Waals surface area (Å²) in [4.78, 5) is 36.5. The van der Waals surface area contributed by atoms with Crippen LogP contribution in [0.25, 0.3) is 0 Å². The molecule has 0 aromatic carbocycles. The lowest BCUT2D eigenvalue weighted by Crippen LogP contribution is -2.40. The lowest BCUT2D eigenvalue weighted by Gasteiger charge is -2.33. The third-order valence-electron chi connectivity index (χ3n) is 5.95. The van der Waals surface area contributed by atoms with Crippen LogP contribution in [0.15, 0.2) is 34.6 Å². The molecule has 2 bridgehead atoms. The van der Waals surface area contributed by atoms with Gasteiger partial charge in [-0.1, -0.05) is 13.0 Å². The second-order valence-electron chi connectivity index (χ2n) is 8.33. The Kier molecular flexibility index (Phi) is 5.93. The van der Waals surface area contributed by atoms with Crippen molar-refractivity contribution in [2.45, 2.75) is 71.4 Å². The van der Waals surface area contributed by atoms with Crippen molar-refractivity contribution < 1.29 is 38.4 Å². The van der Waals surface area contributed by atoms with E-state index in [1.165, 1.54) is 6.92 Å². The topological polar surface area (TPSA) is 108 Å². The average molecular weight is 420 g/mol. The Hall–Kier alpha value is -2.45. The summed E-state index contributed by atoms with van der Waals surface area (Å²) < 4.78 is 22.3. The van der Waals surface area contributed by atoms with Crippen LogP contribution < -0.4 is 0 Å². The number of fused-ring (bicyclic) bond motifs is 3. The van der Waals surface area contributed by atoms with Crippen LogP contribution in [0.2, 0.25) is 0 Å². The van der Waals surface area contributed by atoms with Crippen LogP contribution >= 0.6 is 0 Å². The molecule has 0 radical (unpaired) electrons. The SMILES string of the molecule is C/C=C(/C)C(=O)O[C@H]1C[C@@H](C)[C@]2(O)CC[C@](C)(/C=C3/OC(=O)C(COC(C)=O)=C31)O2. The highest BCUT2D eigenvalue weighted by Crippen LogP contribution is 2.47. The zero-order valence-corrected chi connectivity index (χ0v) is 17.9. The summed E-state index contributed by atoms with van der Waals surface area (Å²) in [5.74, 6) is -3.35. The van der Waals surface area contributed by atoms with E-state index in [4.69, 9.17) is 18.9 Å². The lowest BCUT2D eigenvalue weighted by atomic mass is 9.86. The van der Waals surface area contributed by atoms with E-state index >= 15 is 0 Å². The summed E-state index contributed by atoms with van der Waals surface area (Å²) in [6.07, 6.45) is 3.51. The van der Waals surface area contributed by atoms with Gasteiger partial charge in [0.1, 0.15) is 18.5 Å². The molecule has 0 saturated carbocycles. The quantitative estimate of drug-likeness (QED) is 0.420. The second kappa shape index (κ2) is 8.00. The van der Waals surface area contributed by atoms with Gasteiger partial charge in [-0.25, -0.2) is 9.59 Å². The molecule has 0 unspecified atom stereocenters. The Bertz CT molecular complexity index is 866. The molecular weight excluding hydrogens is 392 g/mol. The van der Waals surface area contributed by atoms with Crippen LogP contribution in [0, 0.1) is 5.92 Å². The Balaban J connectivity index is 2.12. The fourth-order valence-corrected chi connectivity index (χ4v) is 3.98. The number of carbonyl (C=O) groups excluding carboxylic acids is 3. The summed E-state index contributed by atoms with van der Waals surface area (Å²) in [6, 6.07) is 0. The maximum absolute atomic E-state index is 12.6. The average Bonchev–Trinajstić information content (AvgIpc) is 3.14. The van der Waals surface area contributed by atoms with Crippen molar-refractivity contribution in [1.29, 1.82) is 0 Å². The molecule has 3 aliphatic heterocycles. The van der Waals surface area contributed by atoms with Crippen LogP contribution in [0.3, 0.4) is 0 Å². The third-order valence-corrected chi connectivity index (χ3v) is 5.95. The number of rotatable bonds is 4. The van der Waals surface area contributed by atoms with Crippen molar-refractivity contribution in [1.82, 2.24) is 0 Å². The standard InChI is InChI=1S/C22H28O8/c1-6-12(2)19(24)28-16-9-13(3)22(26)8-7-21(5,30-22)10-17-18(16)15(20(25)29-17)11-27-14(4)23/h6,10,13,16,26H,7-9,11H2,1-5H3/b12-6-,17-10+/t13-,16+,21-,22+/m1/s1. The molecule has 8 nitrogen and oxygen atoms in total. The molecule has 30 heavy (non-hydrogen) atoms. The van der Waals surface area contributed by atoms with Crippen LogP contribution in [-0.4, -0.2) is 47.1 Å². The highest BCUT2D eigenvalue weighted by Gasteiger charge is 2.52. The fraction of sp³-hybridized carbons (Fsp3) is 0.591. The zero-order chi connectivity index (χ0) is 22.3. The van der Waals surface area contributed by atoms with Crippen LogP contribution in [-0.2, 0) is 33.3 Å². The Morgan fingerprint density at radius 2 is 2.03 bits per heavy atom. The largest absolute Gasteiger partial charge is 0.461 e. The van der Waals surface area contributed by atoms with Crippen molar-refractivity contribution in [3.63, 3.8) is 0 Å². The molecule has 0 aliphatic carbocycles. The first-order valence-electron chi connectivity index (χ1n) is 10.1. The van der Waals surface area contributed by atoms with Crippen molar-refractivity contribution in [3.8, 4) is 0 Å². The fourth-order valence-electron chi connectivity index (χ4n) is 3.98. The van der Waals surface area contributed by atoms with Crippen LogP contribution in [0.1, 0.15) is 53.9 Å². The van der Waals surface area contributed by atoms with Gasteiger partial charge in [0.2, 0.25) is 0 Å². The molecule has 8 heteroatoms. The smallest absolute Gasteiger partial charge is 0.343 e. The van der Waals surface area contributed by atoms with E-state index in [9.17, 15) is 19.5 Å². The van der Waals surface area contributed by atoms with Gasteiger partial charge in [-0.3, -0.25) is 4.79 Å². The molecule has 1 N–H and O–H groups in total. The summed E-state index contributed by atoms with van der Waals surface area (Å²) in [5.41, 5.74) is 0.0157. The highest BCUT2D eigenvalue weighted by molar-refractivity contribution is 5.96. The number of aliphatic hydroxyl groups is 1. The molecule has 0 aromatic heterocycles. The molecule has 0 aromatic rings. The molecule has 1 saturated heterocycles. The molecule has 164 valence electrons. The second-order valence-corrected chi connectivity index (χ2v) is 8.33. The monoisotopic (exact) mass is 420 g/mol. The van der Waals surface area contributed by atoms with Gasteiger partial charge in [0.15, 0.2) is 5.79 Å². The number of allylic oxidation sites excluding steroid dienone is 1. The molecule has 1 fully saturated rings. The number of hydrogen-bond donors (Lipinski definition) is 1. The van der Waals surface area contributed by atoms with Crippen molar-refractivity contribution in [2.24, 2.45) is 5.92 Å². The van der Waals surface area contributed by atoms with E-state index in [1.807, 2.05) is 6.92 Å². The minimum atomic E-state index is -1.40. The summed E-state index contributed by atoms with van der Waals surface area (Å²) in [7, 11) is 0. The Morgan fingerprint density at radius 3 is 2.67 bits per heavy atom. The van der Waals surface area contributed by atoms with Gasteiger partial charge in [-0.15, -0.1) is 0 Å². The van der Waals surface area contributed by atoms with Gasteiger partial charge < -0.3 is 24.1 Å². The number of ether oxygens (including phenoxy) is 4. The van der Waals surface area contributed by atoms with E-state index in [0.717, 1.165) is 0 Å². The normalized spacial score (nSPS) is 35.5. The first-order valence-corrected chi connectivity index (χ1v) is 10.1. The minimum absolute atomic E-state index is 0.118. The molecule has 3 heterocycles. The van der Waals surface area contributed by atoms with Crippen molar-refractivity contribution in [3.05, 3.63) is 34.6 Å². The minimum Gasteiger partial charge on any atom is -0.461 e. The van der Waals surface area contributed by atoms with Gasteiger partial charge in [0, 0.05) is 30.4 Å². The third kappa shape index (κ3) is 4.20. The van der Waals surface area contributed by atoms with Crippen LogP contribution in [0.4, 0.5) is 0 Å². The van der Waals surface area contributed by atoms with Gasteiger partial charge in [-0.2, -0.15) is 0 Å². The molecular formula is C22H28O8. The predicted octanol–water partition coefficient (Wildman–Crippen LogP) is 2.46. The molecule has 0 amide bonds. The van der Waals surface area contributed by atoms with Gasteiger partial charge in [0.05, 0.1) is 11.2 Å². The molecule has 3 rings (SSSR count). The van der Waals surface area contributed by atoms with E-state index in [0.29, 0.717) is 24.0 Å². The summed E-state index contributed by atoms with van der Waals surface area (Å²) >= 11 is 0. The molecule has 0 spiro atoms. The zero-order valence-electron chi connectivity index (χ0n) is 17.9. The van der Waals surface area contributed by atoms with E-state index in [1.54, 1.807) is 32.9 Å². The maximum atomic E-state index is 12.6. The number of hydrogen-bond acceptors (Lipinski definition) is 8. The lowest BCUT2D eigenvalue weighted by molar-refractivity contribution is -0.238. The Morgan fingerprint density at radius 1 is 1.33 bits per heavy atom. The summed E-state index contributed by atoms with van der Waals surface area (Å²) in [5, 5.41) is 11.1. The van der Waals surface area contributed by atoms with Gasteiger partial charge >= 0.3 is 17.9 Å².